The number of morpholine rings is 1. The van der Waals surface area contributed by atoms with Crippen molar-refractivity contribution in [3.8, 4) is 12.1 Å². The average Bonchev–Trinajstić information content (AvgIpc) is 2.67. The van der Waals surface area contributed by atoms with Crippen LogP contribution < -0.4 is 4.90 Å². The number of nitro groups is 1. The Bertz CT molecular complexity index is 898. The molecule has 0 N–H and O–H groups in total. The Morgan fingerprint density at radius 3 is 2.64 bits per heavy atom. The highest BCUT2D eigenvalue weighted by atomic mass is 16.6. The smallest absolute Gasteiger partial charge is 0.292 e. The standard InChI is InChI=1S/C18H14N4O3/c19-10-13-2-1-3-15(8-13)18-12-21(6-7-25-18)17-9-14(11-20)4-5-16(17)22(23)24/h1-5,8-9,18H,6-7,12H2/t18-/m1/s1. The minimum absolute atomic E-state index is 0.0366. The predicted molar refractivity (Wildman–Crippen MR) is 89.9 cm³/mol. The monoisotopic (exact) mass is 334 g/mol. The van der Waals surface area contributed by atoms with Crippen LogP contribution in [0.2, 0.25) is 0 Å². The topological polar surface area (TPSA) is 103 Å². The maximum atomic E-state index is 11.3. The van der Waals surface area contributed by atoms with E-state index < -0.39 is 4.92 Å². The first-order valence-corrected chi connectivity index (χ1v) is 7.67. The third kappa shape index (κ3) is 3.42. The highest BCUT2D eigenvalue weighted by Gasteiger charge is 2.27. The minimum Gasteiger partial charge on any atom is -0.370 e. The van der Waals surface area contributed by atoms with Gasteiger partial charge in [0.25, 0.3) is 5.69 Å². The first kappa shape index (κ1) is 16.4. The van der Waals surface area contributed by atoms with E-state index in [0.29, 0.717) is 36.5 Å². The lowest BCUT2D eigenvalue weighted by molar-refractivity contribution is -0.384. The highest BCUT2D eigenvalue weighted by molar-refractivity contribution is 5.66. The molecule has 7 nitrogen and oxygen atoms in total. The highest BCUT2D eigenvalue weighted by Crippen LogP contribution is 2.33. The maximum absolute atomic E-state index is 11.3. The summed E-state index contributed by atoms with van der Waals surface area (Å²) >= 11 is 0. The third-order valence-corrected chi connectivity index (χ3v) is 4.10. The van der Waals surface area contributed by atoms with Crippen LogP contribution in [0, 0.1) is 32.8 Å². The summed E-state index contributed by atoms with van der Waals surface area (Å²) in [5.74, 6) is 0. The van der Waals surface area contributed by atoms with Gasteiger partial charge in [0, 0.05) is 19.2 Å². The predicted octanol–water partition coefficient (Wildman–Crippen LogP) is 2.92. The second-order valence-electron chi connectivity index (χ2n) is 5.62. The Kier molecular flexibility index (Phi) is 4.60. The molecule has 2 aromatic carbocycles. The van der Waals surface area contributed by atoms with Gasteiger partial charge in [0.05, 0.1) is 34.8 Å². The largest absolute Gasteiger partial charge is 0.370 e. The van der Waals surface area contributed by atoms with Gasteiger partial charge >= 0.3 is 0 Å². The lowest BCUT2D eigenvalue weighted by Crippen LogP contribution is -2.38. The Balaban J connectivity index is 1.93. The average molecular weight is 334 g/mol. The zero-order chi connectivity index (χ0) is 17.8. The van der Waals surface area contributed by atoms with E-state index in [1.165, 1.54) is 18.2 Å². The van der Waals surface area contributed by atoms with Gasteiger partial charge < -0.3 is 9.64 Å². The van der Waals surface area contributed by atoms with Crippen LogP contribution in [0.3, 0.4) is 0 Å². The van der Waals surface area contributed by atoms with E-state index in [0.717, 1.165) is 5.56 Å². The van der Waals surface area contributed by atoms with Crippen LogP contribution in [0.1, 0.15) is 22.8 Å². The normalized spacial score (nSPS) is 16.7. The van der Waals surface area contributed by atoms with Gasteiger partial charge in [-0.05, 0) is 29.8 Å². The summed E-state index contributed by atoms with van der Waals surface area (Å²) < 4.78 is 5.79. The van der Waals surface area contributed by atoms with E-state index >= 15 is 0 Å². The van der Waals surface area contributed by atoms with Crippen LogP contribution in [0.4, 0.5) is 11.4 Å². The van der Waals surface area contributed by atoms with Crippen LogP contribution >= 0.6 is 0 Å². The maximum Gasteiger partial charge on any atom is 0.292 e. The fourth-order valence-electron chi connectivity index (χ4n) is 2.88. The fourth-order valence-corrected chi connectivity index (χ4v) is 2.88. The molecular weight excluding hydrogens is 320 g/mol. The molecule has 0 radical (unpaired) electrons. The van der Waals surface area contributed by atoms with E-state index in [9.17, 15) is 10.1 Å². The molecule has 0 aromatic heterocycles. The summed E-state index contributed by atoms with van der Waals surface area (Å²) in [5.41, 5.74) is 2.13. The van der Waals surface area contributed by atoms with E-state index in [1.54, 1.807) is 18.2 Å². The molecule has 7 heteroatoms. The first-order chi connectivity index (χ1) is 12.1. The molecule has 2 aromatic rings. The molecule has 124 valence electrons. The van der Waals surface area contributed by atoms with Crippen LogP contribution in [-0.2, 0) is 4.74 Å². The second kappa shape index (κ2) is 7.00. The quantitative estimate of drug-likeness (QED) is 0.631. The molecule has 1 fully saturated rings. The van der Waals surface area contributed by atoms with E-state index in [1.807, 2.05) is 17.0 Å². The molecule has 0 aliphatic carbocycles. The molecule has 1 saturated heterocycles. The lowest BCUT2D eigenvalue weighted by atomic mass is 10.0. The summed E-state index contributed by atoms with van der Waals surface area (Å²) in [7, 11) is 0. The van der Waals surface area contributed by atoms with Crippen LogP contribution in [0.25, 0.3) is 0 Å². The zero-order valence-corrected chi connectivity index (χ0v) is 13.3. The molecule has 1 aliphatic rings. The van der Waals surface area contributed by atoms with E-state index in [2.05, 4.69) is 6.07 Å². The lowest BCUT2D eigenvalue weighted by Gasteiger charge is -2.34. The number of nitrogens with zero attached hydrogens (tertiary/aromatic N) is 4. The minimum atomic E-state index is -0.447. The zero-order valence-electron chi connectivity index (χ0n) is 13.3. The van der Waals surface area contributed by atoms with Crippen molar-refractivity contribution in [2.45, 2.75) is 6.10 Å². The Morgan fingerprint density at radius 2 is 1.92 bits per heavy atom. The molecule has 1 heterocycles. The number of ether oxygens (including phenoxy) is 1. The molecule has 0 bridgehead atoms. The molecular formula is C18H14N4O3. The molecule has 0 unspecified atom stereocenters. The molecule has 1 atom stereocenters. The van der Waals surface area contributed by atoms with Crippen molar-refractivity contribution in [3.63, 3.8) is 0 Å². The number of nitro benzene ring substituents is 1. The van der Waals surface area contributed by atoms with Gasteiger partial charge in [-0.15, -0.1) is 0 Å². The van der Waals surface area contributed by atoms with Gasteiger partial charge in [-0.1, -0.05) is 12.1 Å². The SMILES string of the molecule is N#Cc1cccc([C@H]2CN(c3cc(C#N)ccc3[N+](=O)[O-])CCO2)c1. The number of benzene rings is 2. The van der Waals surface area contributed by atoms with Crippen LogP contribution in [0.15, 0.2) is 42.5 Å². The van der Waals surface area contributed by atoms with E-state index in [-0.39, 0.29) is 11.8 Å². The molecule has 25 heavy (non-hydrogen) atoms. The van der Waals surface area contributed by atoms with Gasteiger partial charge in [-0.25, -0.2) is 0 Å². The molecule has 1 aliphatic heterocycles. The van der Waals surface area contributed by atoms with E-state index in [4.69, 9.17) is 15.3 Å². The van der Waals surface area contributed by atoms with Crippen LogP contribution in [0.5, 0.6) is 0 Å². The summed E-state index contributed by atoms with van der Waals surface area (Å²) in [6.07, 6.45) is -0.299. The molecule has 0 amide bonds. The van der Waals surface area contributed by atoms with Gasteiger partial charge in [-0.3, -0.25) is 10.1 Å². The fraction of sp³-hybridized carbons (Fsp3) is 0.222. The number of anilines is 1. The Morgan fingerprint density at radius 1 is 1.16 bits per heavy atom. The Labute approximate surface area is 144 Å². The van der Waals surface area contributed by atoms with Gasteiger partial charge in [0.2, 0.25) is 0 Å². The van der Waals surface area contributed by atoms with Crippen molar-refractivity contribution >= 4 is 11.4 Å². The number of rotatable bonds is 3. The third-order valence-electron chi connectivity index (χ3n) is 4.10. The van der Waals surface area contributed by atoms with Crippen molar-refractivity contribution in [2.24, 2.45) is 0 Å². The Hall–Kier alpha value is -3.42. The number of nitriles is 2. The number of hydrogen-bond donors (Lipinski definition) is 0. The van der Waals surface area contributed by atoms with Crippen molar-refractivity contribution < 1.29 is 9.66 Å². The van der Waals surface area contributed by atoms with Crippen molar-refractivity contribution in [1.82, 2.24) is 0 Å². The van der Waals surface area contributed by atoms with Gasteiger partial charge in [-0.2, -0.15) is 10.5 Å². The van der Waals surface area contributed by atoms with Crippen LogP contribution in [-0.4, -0.2) is 24.6 Å². The van der Waals surface area contributed by atoms with Crippen molar-refractivity contribution in [1.29, 1.82) is 10.5 Å². The molecule has 0 saturated carbocycles. The van der Waals surface area contributed by atoms with Gasteiger partial charge in [0.15, 0.2) is 0 Å². The van der Waals surface area contributed by atoms with Gasteiger partial charge in [0.1, 0.15) is 11.8 Å². The van der Waals surface area contributed by atoms with Crippen molar-refractivity contribution in [2.75, 3.05) is 24.6 Å². The summed E-state index contributed by atoms with van der Waals surface area (Å²) in [6, 6.07) is 15.6. The summed E-state index contributed by atoms with van der Waals surface area (Å²) in [6.45, 7) is 1.30. The second-order valence-corrected chi connectivity index (χ2v) is 5.62. The van der Waals surface area contributed by atoms with Crippen molar-refractivity contribution in [3.05, 3.63) is 69.3 Å². The molecule has 0 spiro atoms. The summed E-state index contributed by atoms with van der Waals surface area (Å²) in [4.78, 5) is 12.7. The summed E-state index contributed by atoms with van der Waals surface area (Å²) in [5, 5.41) is 29.5. The molecule has 3 rings (SSSR count). The number of hydrogen-bond acceptors (Lipinski definition) is 6. The first-order valence-electron chi connectivity index (χ1n) is 7.67.